The number of hydrogen-bond donors (Lipinski definition) is 2. The summed E-state index contributed by atoms with van der Waals surface area (Å²) in [6, 6.07) is 3.67. The summed E-state index contributed by atoms with van der Waals surface area (Å²) in [6.45, 7) is 2.81. The minimum Gasteiger partial charge on any atom is -0.508 e. The largest absolute Gasteiger partial charge is 0.508 e. The molecule has 5 heteroatoms. The van der Waals surface area contributed by atoms with Gasteiger partial charge in [0.05, 0.1) is 6.61 Å². The van der Waals surface area contributed by atoms with Gasteiger partial charge in [-0.05, 0) is 25.1 Å². The van der Waals surface area contributed by atoms with Crippen LogP contribution in [0.4, 0.5) is 0 Å². The van der Waals surface area contributed by atoms with Gasteiger partial charge in [-0.15, -0.1) is 0 Å². The summed E-state index contributed by atoms with van der Waals surface area (Å²) >= 11 is 0. The molecule has 16 heavy (non-hydrogen) atoms. The maximum atomic E-state index is 11.4. The van der Waals surface area contributed by atoms with E-state index >= 15 is 0 Å². The number of ether oxygens (including phenoxy) is 2. The van der Waals surface area contributed by atoms with E-state index in [2.05, 4.69) is 0 Å². The van der Waals surface area contributed by atoms with Gasteiger partial charge in [-0.3, -0.25) is 0 Å². The second kappa shape index (κ2) is 5.97. The topological polar surface area (TPSA) is 76.0 Å². The van der Waals surface area contributed by atoms with Crippen LogP contribution in [0.15, 0.2) is 18.2 Å². The van der Waals surface area contributed by atoms with Crippen molar-refractivity contribution in [1.82, 2.24) is 0 Å². The predicted octanol–water partition coefficient (Wildman–Crippen LogP) is 1.29. The number of esters is 1. The zero-order valence-corrected chi connectivity index (χ0v) is 8.97. The van der Waals surface area contributed by atoms with Crippen molar-refractivity contribution in [2.24, 2.45) is 0 Å². The van der Waals surface area contributed by atoms with E-state index in [1.807, 2.05) is 6.92 Å². The van der Waals surface area contributed by atoms with E-state index in [0.717, 1.165) is 6.07 Å². The molecule has 1 aromatic rings. The fourth-order valence-electron chi connectivity index (χ4n) is 1.10. The van der Waals surface area contributed by atoms with Crippen molar-refractivity contribution < 1.29 is 24.5 Å². The van der Waals surface area contributed by atoms with Crippen LogP contribution in [0.3, 0.4) is 0 Å². The maximum Gasteiger partial charge on any atom is 0.342 e. The Morgan fingerprint density at radius 3 is 2.75 bits per heavy atom. The highest BCUT2D eigenvalue weighted by atomic mass is 16.6. The van der Waals surface area contributed by atoms with Crippen molar-refractivity contribution in [2.45, 2.75) is 6.92 Å². The molecule has 0 aliphatic rings. The number of carbonyl (C=O) groups is 1. The molecule has 0 unspecified atom stereocenters. The summed E-state index contributed by atoms with van der Waals surface area (Å²) in [7, 11) is 0. The summed E-state index contributed by atoms with van der Waals surface area (Å²) in [5.41, 5.74) is -0.0588. The lowest BCUT2D eigenvalue weighted by Gasteiger charge is -2.06. The van der Waals surface area contributed by atoms with Gasteiger partial charge in [-0.1, -0.05) is 0 Å². The van der Waals surface area contributed by atoms with Crippen LogP contribution in [0.5, 0.6) is 11.5 Å². The number of benzene rings is 1. The summed E-state index contributed by atoms with van der Waals surface area (Å²) in [5.74, 6) is -1.01. The molecule has 2 N–H and O–H groups in total. The Hall–Kier alpha value is -1.75. The van der Waals surface area contributed by atoms with Gasteiger partial charge in [0.15, 0.2) is 0 Å². The molecule has 0 saturated heterocycles. The first-order valence-electron chi connectivity index (χ1n) is 4.92. The van der Waals surface area contributed by atoms with E-state index in [4.69, 9.17) is 14.6 Å². The number of phenolic OH excluding ortho intramolecular Hbond substituents is 2. The van der Waals surface area contributed by atoms with Gasteiger partial charge in [0.2, 0.25) is 0 Å². The Morgan fingerprint density at radius 2 is 2.06 bits per heavy atom. The normalized spacial score (nSPS) is 10.1. The molecule has 5 nitrogen and oxygen atoms in total. The van der Waals surface area contributed by atoms with Crippen LogP contribution in [0.1, 0.15) is 17.3 Å². The van der Waals surface area contributed by atoms with E-state index < -0.39 is 5.97 Å². The first-order valence-corrected chi connectivity index (χ1v) is 4.92. The van der Waals surface area contributed by atoms with E-state index in [0.29, 0.717) is 13.2 Å². The van der Waals surface area contributed by atoms with Crippen LogP contribution in [0, 0.1) is 0 Å². The number of aromatic hydroxyl groups is 2. The van der Waals surface area contributed by atoms with E-state index in [9.17, 15) is 9.90 Å². The highest BCUT2D eigenvalue weighted by molar-refractivity contribution is 5.92. The Bertz CT molecular complexity index is 361. The number of carbonyl (C=O) groups excluding carboxylic acids is 1. The smallest absolute Gasteiger partial charge is 0.342 e. The van der Waals surface area contributed by atoms with Crippen LogP contribution in [0.25, 0.3) is 0 Å². The quantitative estimate of drug-likeness (QED) is 0.449. The molecule has 0 aromatic heterocycles. The molecule has 0 bridgehead atoms. The molecule has 1 rings (SSSR count). The average molecular weight is 226 g/mol. The fraction of sp³-hybridized carbons (Fsp3) is 0.364. The van der Waals surface area contributed by atoms with Gasteiger partial charge in [-0.2, -0.15) is 0 Å². The Morgan fingerprint density at radius 1 is 1.31 bits per heavy atom. The number of phenols is 2. The van der Waals surface area contributed by atoms with Crippen LogP contribution >= 0.6 is 0 Å². The third-order valence-electron chi connectivity index (χ3n) is 1.87. The third kappa shape index (κ3) is 3.43. The highest BCUT2D eigenvalue weighted by Gasteiger charge is 2.13. The van der Waals surface area contributed by atoms with E-state index in [-0.39, 0.29) is 23.7 Å². The Labute approximate surface area is 93.2 Å². The summed E-state index contributed by atoms with van der Waals surface area (Å²) in [4.78, 5) is 11.4. The summed E-state index contributed by atoms with van der Waals surface area (Å²) in [5, 5.41) is 18.5. The lowest BCUT2D eigenvalue weighted by Crippen LogP contribution is -2.10. The molecule has 0 amide bonds. The van der Waals surface area contributed by atoms with Crippen molar-refractivity contribution in [2.75, 3.05) is 19.8 Å². The molecular formula is C11H14O5. The average Bonchev–Trinajstić information content (AvgIpc) is 2.27. The monoisotopic (exact) mass is 226 g/mol. The Kier molecular flexibility index (Phi) is 4.60. The minimum atomic E-state index is -0.687. The molecule has 0 radical (unpaired) electrons. The number of rotatable bonds is 5. The van der Waals surface area contributed by atoms with Gasteiger partial charge in [0.25, 0.3) is 0 Å². The third-order valence-corrected chi connectivity index (χ3v) is 1.87. The van der Waals surface area contributed by atoms with E-state index in [1.165, 1.54) is 12.1 Å². The molecule has 88 valence electrons. The molecule has 0 heterocycles. The summed E-state index contributed by atoms with van der Waals surface area (Å²) in [6.07, 6.45) is 0. The lowest BCUT2D eigenvalue weighted by molar-refractivity contribution is 0.0332. The minimum absolute atomic E-state index is 0.0588. The van der Waals surface area contributed by atoms with Crippen LogP contribution < -0.4 is 0 Å². The molecule has 0 aliphatic heterocycles. The molecule has 0 fully saturated rings. The van der Waals surface area contributed by atoms with Crippen molar-refractivity contribution in [3.63, 3.8) is 0 Å². The molecular weight excluding hydrogens is 212 g/mol. The highest BCUT2D eigenvalue weighted by Crippen LogP contribution is 2.22. The van der Waals surface area contributed by atoms with Crippen molar-refractivity contribution in [1.29, 1.82) is 0 Å². The molecule has 0 saturated carbocycles. The summed E-state index contributed by atoms with van der Waals surface area (Å²) < 4.78 is 9.82. The molecule has 1 aromatic carbocycles. The van der Waals surface area contributed by atoms with Gasteiger partial charge in [0, 0.05) is 6.61 Å². The van der Waals surface area contributed by atoms with Gasteiger partial charge in [-0.25, -0.2) is 4.79 Å². The zero-order valence-electron chi connectivity index (χ0n) is 8.97. The van der Waals surface area contributed by atoms with Gasteiger partial charge >= 0.3 is 5.97 Å². The van der Waals surface area contributed by atoms with Crippen LogP contribution in [-0.4, -0.2) is 36.0 Å². The molecule has 0 atom stereocenters. The van der Waals surface area contributed by atoms with Gasteiger partial charge in [0.1, 0.15) is 23.7 Å². The van der Waals surface area contributed by atoms with Crippen molar-refractivity contribution >= 4 is 5.97 Å². The fourth-order valence-corrected chi connectivity index (χ4v) is 1.10. The molecule has 0 spiro atoms. The van der Waals surface area contributed by atoms with Crippen molar-refractivity contribution in [3.05, 3.63) is 23.8 Å². The SMILES string of the molecule is CCOCCOC(=O)c1cc(O)ccc1O. The first kappa shape index (κ1) is 12.3. The predicted molar refractivity (Wildman–Crippen MR) is 56.5 cm³/mol. The molecule has 0 aliphatic carbocycles. The van der Waals surface area contributed by atoms with Crippen LogP contribution in [-0.2, 0) is 9.47 Å². The van der Waals surface area contributed by atoms with Crippen LogP contribution in [0.2, 0.25) is 0 Å². The maximum absolute atomic E-state index is 11.4. The standard InChI is InChI=1S/C11H14O5/c1-2-15-5-6-16-11(14)9-7-8(12)3-4-10(9)13/h3-4,7,12-13H,2,5-6H2,1H3. The van der Waals surface area contributed by atoms with Gasteiger partial charge < -0.3 is 19.7 Å². The Balaban J connectivity index is 2.55. The van der Waals surface area contributed by atoms with Crippen molar-refractivity contribution in [3.8, 4) is 11.5 Å². The lowest BCUT2D eigenvalue weighted by atomic mass is 10.2. The second-order valence-corrected chi connectivity index (χ2v) is 3.03. The van der Waals surface area contributed by atoms with E-state index in [1.54, 1.807) is 0 Å². The second-order valence-electron chi connectivity index (χ2n) is 3.03. The zero-order chi connectivity index (χ0) is 12.0. The first-order chi connectivity index (χ1) is 7.65. The number of hydrogen-bond acceptors (Lipinski definition) is 5.